The maximum absolute atomic E-state index is 6.16. The molecule has 1 saturated heterocycles. The predicted molar refractivity (Wildman–Crippen MR) is 71.7 cm³/mol. The summed E-state index contributed by atoms with van der Waals surface area (Å²) in [6, 6.07) is 5.68. The first-order valence-electron chi connectivity index (χ1n) is 5.91. The maximum atomic E-state index is 6.16. The van der Waals surface area contributed by atoms with Crippen LogP contribution in [0.2, 0.25) is 10.0 Å². The fourth-order valence-electron chi connectivity index (χ4n) is 2.22. The van der Waals surface area contributed by atoms with E-state index in [4.69, 9.17) is 33.7 Å². The normalized spacial score (nSPS) is 26.1. The summed E-state index contributed by atoms with van der Waals surface area (Å²) < 4.78 is 5.77. The second-order valence-corrected chi connectivity index (χ2v) is 5.49. The average Bonchev–Trinajstić information content (AvgIpc) is 2.70. The monoisotopic (exact) mass is 273 g/mol. The van der Waals surface area contributed by atoms with Gasteiger partial charge in [-0.3, -0.25) is 0 Å². The van der Waals surface area contributed by atoms with Gasteiger partial charge < -0.3 is 10.5 Å². The molecule has 1 aliphatic rings. The van der Waals surface area contributed by atoms with E-state index < -0.39 is 0 Å². The van der Waals surface area contributed by atoms with Crippen molar-refractivity contribution < 1.29 is 4.74 Å². The van der Waals surface area contributed by atoms with E-state index in [1.165, 1.54) is 0 Å². The van der Waals surface area contributed by atoms with Crippen LogP contribution in [0.3, 0.4) is 0 Å². The second kappa shape index (κ2) is 5.57. The molecular weight excluding hydrogens is 257 g/mol. The van der Waals surface area contributed by atoms with Crippen LogP contribution in [0, 0.1) is 0 Å². The molecule has 0 spiro atoms. The summed E-state index contributed by atoms with van der Waals surface area (Å²) >= 11 is 11.9. The Bertz CT molecular complexity index is 397. The lowest BCUT2D eigenvalue weighted by molar-refractivity contribution is 0.0404. The van der Waals surface area contributed by atoms with Gasteiger partial charge >= 0.3 is 0 Å². The second-order valence-electron chi connectivity index (χ2n) is 4.68. The summed E-state index contributed by atoms with van der Waals surface area (Å²) in [5, 5.41) is 1.16. The fraction of sp³-hybridized carbons (Fsp3) is 0.538. The van der Waals surface area contributed by atoms with Crippen LogP contribution >= 0.6 is 23.2 Å². The van der Waals surface area contributed by atoms with Crippen LogP contribution in [0.5, 0.6) is 0 Å². The SMILES string of the molecule is CC1CCC(C(N)Cc2ccc(Cl)c(Cl)c2)O1. The van der Waals surface area contributed by atoms with Crippen molar-refractivity contribution >= 4 is 23.2 Å². The molecule has 2 N–H and O–H groups in total. The fourth-order valence-corrected chi connectivity index (χ4v) is 2.54. The molecule has 2 rings (SSSR count). The van der Waals surface area contributed by atoms with E-state index in [1.54, 1.807) is 0 Å². The molecule has 1 heterocycles. The van der Waals surface area contributed by atoms with E-state index in [9.17, 15) is 0 Å². The smallest absolute Gasteiger partial charge is 0.0733 e. The minimum absolute atomic E-state index is 0.0252. The number of ether oxygens (including phenoxy) is 1. The van der Waals surface area contributed by atoms with Crippen LogP contribution < -0.4 is 5.73 Å². The summed E-state index contributed by atoms with van der Waals surface area (Å²) in [6.07, 6.45) is 3.41. The van der Waals surface area contributed by atoms with Crippen LogP contribution in [0.4, 0.5) is 0 Å². The first-order chi connectivity index (χ1) is 8.06. The largest absolute Gasteiger partial charge is 0.374 e. The van der Waals surface area contributed by atoms with Gasteiger partial charge in [0.05, 0.1) is 22.3 Å². The van der Waals surface area contributed by atoms with E-state index >= 15 is 0 Å². The molecule has 0 bridgehead atoms. The number of nitrogens with two attached hydrogens (primary N) is 1. The van der Waals surface area contributed by atoms with Crippen molar-refractivity contribution in [1.29, 1.82) is 0 Å². The third-order valence-corrected chi connectivity index (χ3v) is 3.94. The van der Waals surface area contributed by atoms with Crippen molar-refractivity contribution in [3.8, 4) is 0 Å². The summed E-state index contributed by atoms with van der Waals surface area (Å²) in [6.45, 7) is 2.09. The Hall–Kier alpha value is -0.280. The molecule has 1 aliphatic heterocycles. The third kappa shape index (κ3) is 3.35. The lowest BCUT2D eigenvalue weighted by Crippen LogP contribution is -2.36. The molecule has 3 unspecified atom stereocenters. The van der Waals surface area contributed by atoms with Gasteiger partial charge in [-0.25, -0.2) is 0 Å². The Kier molecular flexibility index (Phi) is 4.31. The molecule has 1 aromatic rings. The Morgan fingerprint density at radius 1 is 1.35 bits per heavy atom. The van der Waals surface area contributed by atoms with Crippen molar-refractivity contribution in [2.75, 3.05) is 0 Å². The molecular formula is C13H17Cl2NO. The zero-order valence-electron chi connectivity index (χ0n) is 9.83. The molecule has 0 aliphatic carbocycles. The minimum Gasteiger partial charge on any atom is -0.374 e. The van der Waals surface area contributed by atoms with E-state index in [2.05, 4.69) is 6.92 Å². The van der Waals surface area contributed by atoms with Gasteiger partial charge in [0.15, 0.2) is 0 Å². The molecule has 0 aromatic heterocycles. The summed E-state index contributed by atoms with van der Waals surface area (Å²) in [7, 11) is 0. The molecule has 3 atom stereocenters. The first kappa shape index (κ1) is 13.2. The van der Waals surface area contributed by atoms with Gasteiger partial charge in [0.2, 0.25) is 0 Å². The number of halogens is 2. The molecule has 2 nitrogen and oxygen atoms in total. The van der Waals surface area contributed by atoms with Gasteiger partial charge in [0, 0.05) is 6.04 Å². The number of rotatable bonds is 3. The Morgan fingerprint density at radius 3 is 2.71 bits per heavy atom. The quantitative estimate of drug-likeness (QED) is 0.916. The van der Waals surface area contributed by atoms with Crippen LogP contribution in [0.15, 0.2) is 18.2 Å². The van der Waals surface area contributed by atoms with Crippen LogP contribution in [0.25, 0.3) is 0 Å². The Morgan fingerprint density at radius 2 is 2.12 bits per heavy atom. The lowest BCUT2D eigenvalue weighted by atomic mass is 10.0. The molecule has 0 radical (unpaired) electrons. The molecule has 94 valence electrons. The number of benzene rings is 1. The molecule has 1 fully saturated rings. The molecule has 0 amide bonds. The van der Waals surface area contributed by atoms with E-state index in [-0.39, 0.29) is 12.1 Å². The van der Waals surface area contributed by atoms with E-state index in [0.717, 1.165) is 24.8 Å². The highest BCUT2D eigenvalue weighted by molar-refractivity contribution is 6.42. The predicted octanol–water partition coefficient (Wildman–Crippen LogP) is 3.43. The van der Waals surface area contributed by atoms with Gasteiger partial charge in [0.25, 0.3) is 0 Å². The molecule has 0 saturated carbocycles. The van der Waals surface area contributed by atoms with Crippen molar-refractivity contribution in [2.24, 2.45) is 5.73 Å². The molecule has 17 heavy (non-hydrogen) atoms. The zero-order valence-corrected chi connectivity index (χ0v) is 11.3. The highest BCUT2D eigenvalue weighted by Crippen LogP contribution is 2.25. The van der Waals surface area contributed by atoms with Crippen LogP contribution in [-0.2, 0) is 11.2 Å². The van der Waals surface area contributed by atoms with Crippen molar-refractivity contribution in [3.63, 3.8) is 0 Å². The van der Waals surface area contributed by atoms with E-state index in [0.29, 0.717) is 16.1 Å². The molecule has 4 heteroatoms. The van der Waals surface area contributed by atoms with Gasteiger partial charge in [-0.05, 0) is 43.9 Å². The van der Waals surface area contributed by atoms with Gasteiger partial charge in [-0.1, -0.05) is 29.3 Å². The number of hydrogen-bond acceptors (Lipinski definition) is 2. The topological polar surface area (TPSA) is 35.2 Å². The van der Waals surface area contributed by atoms with Gasteiger partial charge in [0.1, 0.15) is 0 Å². The standard InChI is InChI=1S/C13H17Cl2NO/c1-8-2-5-13(17-8)12(16)7-9-3-4-10(14)11(15)6-9/h3-4,6,8,12-13H,2,5,7,16H2,1H3. The van der Waals surface area contributed by atoms with Gasteiger partial charge in [-0.15, -0.1) is 0 Å². The highest BCUT2D eigenvalue weighted by Gasteiger charge is 2.27. The Balaban J connectivity index is 1.98. The molecule has 1 aromatic carbocycles. The van der Waals surface area contributed by atoms with Crippen molar-refractivity contribution in [1.82, 2.24) is 0 Å². The summed E-state index contributed by atoms with van der Waals surface area (Å²) in [4.78, 5) is 0. The van der Waals surface area contributed by atoms with Crippen LogP contribution in [-0.4, -0.2) is 18.2 Å². The van der Waals surface area contributed by atoms with Crippen LogP contribution in [0.1, 0.15) is 25.3 Å². The first-order valence-corrected chi connectivity index (χ1v) is 6.67. The van der Waals surface area contributed by atoms with Crippen molar-refractivity contribution in [2.45, 2.75) is 44.4 Å². The summed E-state index contributed by atoms with van der Waals surface area (Å²) in [5.41, 5.74) is 7.27. The third-order valence-electron chi connectivity index (χ3n) is 3.20. The van der Waals surface area contributed by atoms with E-state index in [1.807, 2.05) is 18.2 Å². The lowest BCUT2D eigenvalue weighted by Gasteiger charge is -2.19. The maximum Gasteiger partial charge on any atom is 0.0733 e. The zero-order chi connectivity index (χ0) is 12.4. The Labute approximate surface area is 112 Å². The number of hydrogen-bond donors (Lipinski definition) is 1. The van der Waals surface area contributed by atoms with Crippen molar-refractivity contribution in [3.05, 3.63) is 33.8 Å². The highest BCUT2D eigenvalue weighted by atomic mass is 35.5. The minimum atomic E-state index is 0.0252. The summed E-state index contributed by atoms with van der Waals surface area (Å²) in [5.74, 6) is 0. The van der Waals surface area contributed by atoms with Gasteiger partial charge in [-0.2, -0.15) is 0 Å². The average molecular weight is 274 g/mol.